The van der Waals surface area contributed by atoms with Crippen LogP contribution in [0, 0.1) is 6.92 Å². The third kappa shape index (κ3) is 6.00. The van der Waals surface area contributed by atoms with Crippen LogP contribution in [0.3, 0.4) is 0 Å². The maximum atomic E-state index is 2.51. The Morgan fingerprint density at radius 1 is 0.339 bits per heavy atom. The average molecular weight is 754 g/mol. The van der Waals surface area contributed by atoms with Crippen molar-refractivity contribution in [3.05, 3.63) is 230 Å². The first-order valence-electron chi connectivity index (χ1n) is 20.4. The van der Waals surface area contributed by atoms with E-state index in [2.05, 4.69) is 246 Å². The fourth-order valence-corrected chi connectivity index (χ4v) is 9.25. The van der Waals surface area contributed by atoms with Crippen molar-refractivity contribution < 1.29 is 0 Å². The summed E-state index contributed by atoms with van der Waals surface area (Å²) in [5, 5.41) is 0. The molecule has 0 radical (unpaired) electrons. The van der Waals surface area contributed by atoms with Crippen LogP contribution in [-0.4, -0.2) is 6.71 Å². The number of hydrogen-bond donors (Lipinski definition) is 0. The van der Waals surface area contributed by atoms with Crippen molar-refractivity contribution in [2.45, 2.75) is 6.92 Å². The first-order valence-corrected chi connectivity index (χ1v) is 20.4. The van der Waals surface area contributed by atoms with E-state index in [0.717, 1.165) is 28.4 Å². The molecule has 0 spiro atoms. The Morgan fingerprint density at radius 3 is 1.49 bits per heavy atom. The minimum Gasteiger partial charge on any atom is -0.311 e. The summed E-state index contributed by atoms with van der Waals surface area (Å²) in [6.45, 7) is 2.17. The third-order valence-electron chi connectivity index (χ3n) is 11.8. The molecule has 0 aliphatic carbocycles. The van der Waals surface area contributed by atoms with E-state index in [4.69, 9.17) is 0 Å². The molecule has 59 heavy (non-hydrogen) atoms. The van der Waals surface area contributed by atoms with Gasteiger partial charge in [0.25, 0.3) is 6.71 Å². The zero-order valence-corrected chi connectivity index (χ0v) is 32.8. The zero-order valence-electron chi connectivity index (χ0n) is 32.8. The van der Waals surface area contributed by atoms with E-state index in [-0.39, 0.29) is 6.71 Å². The summed E-state index contributed by atoms with van der Waals surface area (Å²) in [5.74, 6) is 0. The van der Waals surface area contributed by atoms with E-state index < -0.39 is 0 Å². The van der Waals surface area contributed by atoms with Crippen LogP contribution in [-0.2, 0) is 0 Å². The number of aryl methyl sites for hydroxylation is 1. The summed E-state index contributed by atoms with van der Waals surface area (Å²) in [7, 11) is 0. The molecule has 9 aromatic carbocycles. The van der Waals surface area contributed by atoms with Gasteiger partial charge in [-0.05, 0) is 124 Å². The Balaban J connectivity index is 1.17. The molecule has 0 fully saturated rings. The van der Waals surface area contributed by atoms with Crippen molar-refractivity contribution in [2.24, 2.45) is 0 Å². The lowest BCUT2D eigenvalue weighted by Crippen LogP contribution is -2.61. The van der Waals surface area contributed by atoms with Crippen LogP contribution in [0.2, 0.25) is 0 Å². The SMILES string of the molecule is Cc1cccc(-c2cccc(N3c4cc(-c5ccccc5)ccc4B4c5ccc(N(c6ccccc6)c6ccccc6)cc5N(c5ccccc5)c5cccc3c54)c2)c1. The third-order valence-corrected chi connectivity index (χ3v) is 11.8. The van der Waals surface area contributed by atoms with Gasteiger partial charge in [-0.25, -0.2) is 0 Å². The molecule has 0 aromatic heterocycles. The van der Waals surface area contributed by atoms with Gasteiger partial charge in [0.05, 0.1) is 0 Å². The highest BCUT2D eigenvalue weighted by atomic mass is 15.2. The van der Waals surface area contributed by atoms with Gasteiger partial charge in [-0.3, -0.25) is 0 Å². The summed E-state index contributed by atoms with van der Waals surface area (Å²) >= 11 is 0. The van der Waals surface area contributed by atoms with Crippen LogP contribution < -0.4 is 31.1 Å². The summed E-state index contributed by atoms with van der Waals surface area (Å²) in [5.41, 5.74) is 20.3. The normalized spacial score (nSPS) is 12.4. The molecule has 0 atom stereocenters. The second-order valence-corrected chi connectivity index (χ2v) is 15.5. The van der Waals surface area contributed by atoms with E-state index in [1.807, 2.05) is 0 Å². The van der Waals surface area contributed by atoms with Gasteiger partial charge in [0, 0.05) is 51.2 Å². The van der Waals surface area contributed by atoms with E-state index >= 15 is 0 Å². The Labute approximate surface area is 346 Å². The Kier molecular flexibility index (Phi) is 8.48. The van der Waals surface area contributed by atoms with Crippen molar-refractivity contribution in [2.75, 3.05) is 14.7 Å². The van der Waals surface area contributed by atoms with Crippen LogP contribution in [0.4, 0.5) is 51.2 Å². The molecule has 11 rings (SSSR count). The predicted octanol–water partition coefficient (Wildman–Crippen LogP) is 12.9. The lowest BCUT2D eigenvalue weighted by molar-refractivity contribution is 1.24. The van der Waals surface area contributed by atoms with Crippen molar-refractivity contribution in [1.82, 2.24) is 0 Å². The number of hydrogen-bond acceptors (Lipinski definition) is 3. The Morgan fingerprint density at radius 2 is 0.831 bits per heavy atom. The fraction of sp³-hybridized carbons (Fsp3) is 0.0182. The molecular formula is C55H40BN3. The zero-order chi connectivity index (χ0) is 39.3. The summed E-state index contributed by atoms with van der Waals surface area (Å²) in [6, 6.07) is 81.9. The van der Waals surface area contributed by atoms with Crippen LogP contribution in [0.25, 0.3) is 22.3 Å². The first kappa shape index (κ1) is 34.7. The summed E-state index contributed by atoms with van der Waals surface area (Å²) in [4.78, 5) is 7.35. The van der Waals surface area contributed by atoms with Gasteiger partial charge in [-0.1, -0.05) is 151 Å². The van der Waals surface area contributed by atoms with Gasteiger partial charge in [0.15, 0.2) is 0 Å². The highest BCUT2D eigenvalue weighted by molar-refractivity contribution is 7.00. The molecule has 0 saturated heterocycles. The quantitative estimate of drug-likeness (QED) is 0.150. The van der Waals surface area contributed by atoms with Crippen LogP contribution >= 0.6 is 0 Å². The van der Waals surface area contributed by atoms with Crippen molar-refractivity contribution in [3.63, 3.8) is 0 Å². The Bertz CT molecular complexity index is 2930. The summed E-state index contributed by atoms with van der Waals surface area (Å²) < 4.78 is 0. The molecule has 3 nitrogen and oxygen atoms in total. The second kappa shape index (κ2) is 14.4. The highest BCUT2D eigenvalue weighted by Gasteiger charge is 2.43. The van der Waals surface area contributed by atoms with E-state index in [0.29, 0.717) is 0 Å². The van der Waals surface area contributed by atoms with Gasteiger partial charge in [0.2, 0.25) is 0 Å². The summed E-state index contributed by atoms with van der Waals surface area (Å²) in [6.07, 6.45) is 0. The Hall–Kier alpha value is -7.56. The number of rotatable bonds is 7. The second-order valence-electron chi connectivity index (χ2n) is 15.5. The van der Waals surface area contributed by atoms with Crippen molar-refractivity contribution >= 4 is 74.3 Å². The van der Waals surface area contributed by atoms with Crippen molar-refractivity contribution in [3.8, 4) is 22.3 Å². The van der Waals surface area contributed by atoms with Crippen LogP contribution in [0.5, 0.6) is 0 Å². The highest BCUT2D eigenvalue weighted by Crippen LogP contribution is 2.46. The number of fused-ring (bicyclic) bond motifs is 4. The molecule has 2 aliphatic rings. The molecule has 0 saturated carbocycles. The predicted molar refractivity (Wildman–Crippen MR) is 251 cm³/mol. The monoisotopic (exact) mass is 753 g/mol. The molecular weight excluding hydrogens is 713 g/mol. The standard InChI is InChI=1S/C55H40BN3/c1-39-17-14-20-41(35-39)42-21-15-28-47(36-42)59-52-30-16-29-51-55(52)56(49-33-31-43(37-53(49)59)40-18-6-2-7-19-40)50-34-32-48(38-54(50)58(51)46-26-12-5-13-27-46)57(44-22-8-3-9-23-44)45-24-10-4-11-25-45/h2-38H,1H3. The molecule has 0 amide bonds. The minimum atomic E-state index is 0.00291. The maximum absolute atomic E-state index is 2.51. The van der Waals surface area contributed by atoms with Gasteiger partial charge in [-0.2, -0.15) is 0 Å². The lowest BCUT2D eigenvalue weighted by atomic mass is 9.33. The van der Waals surface area contributed by atoms with Crippen LogP contribution in [0.15, 0.2) is 224 Å². The van der Waals surface area contributed by atoms with Gasteiger partial charge in [-0.15, -0.1) is 0 Å². The van der Waals surface area contributed by atoms with Gasteiger partial charge >= 0.3 is 0 Å². The maximum Gasteiger partial charge on any atom is 0.252 e. The van der Waals surface area contributed by atoms with Crippen molar-refractivity contribution in [1.29, 1.82) is 0 Å². The molecule has 278 valence electrons. The number of benzene rings is 9. The topological polar surface area (TPSA) is 9.72 Å². The average Bonchev–Trinajstić information content (AvgIpc) is 3.30. The van der Waals surface area contributed by atoms with E-state index in [1.54, 1.807) is 0 Å². The molecule has 9 aromatic rings. The molecule has 0 bridgehead atoms. The smallest absolute Gasteiger partial charge is 0.252 e. The minimum absolute atomic E-state index is 0.00291. The number of anilines is 9. The fourth-order valence-electron chi connectivity index (χ4n) is 9.25. The molecule has 0 unspecified atom stereocenters. The van der Waals surface area contributed by atoms with E-state index in [1.165, 1.54) is 67.0 Å². The molecule has 0 N–H and O–H groups in total. The molecule has 2 aliphatic heterocycles. The number of para-hydroxylation sites is 3. The first-order chi connectivity index (χ1) is 29.2. The van der Waals surface area contributed by atoms with Gasteiger partial charge < -0.3 is 14.7 Å². The molecule has 2 heterocycles. The number of nitrogens with zero attached hydrogens (tertiary/aromatic N) is 3. The largest absolute Gasteiger partial charge is 0.311 e. The van der Waals surface area contributed by atoms with Gasteiger partial charge in [0.1, 0.15) is 0 Å². The lowest BCUT2D eigenvalue weighted by Gasteiger charge is -2.44. The van der Waals surface area contributed by atoms with E-state index in [9.17, 15) is 0 Å². The van der Waals surface area contributed by atoms with Crippen LogP contribution in [0.1, 0.15) is 5.56 Å². The molecule has 4 heteroatoms.